The highest BCUT2D eigenvalue weighted by Gasteiger charge is 2.31. The van der Waals surface area contributed by atoms with Crippen LogP contribution in [-0.4, -0.2) is 116 Å². The Kier molecular flexibility index (Phi) is 13.0. The lowest BCUT2D eigenvalue weighted by Crippen LogP contribution is -2.52. The molecular weight excluding hydrogens is 722 g/mol. The number of benzene rings is 2. The molecule has 6 rings (SSSR count). The fourth-order valence-corrected chi connectivity index (χ4v) is 6.30. The summed E-state index contributed by atoms with van der Waals surface area (Å²) in [6.45, 7) is 10.5. The van der Waals surface area contributed by atoms with Crippen LogP contribution in [0.5, 0.6) is 0 Å². The van der Waals surface area contributed by atoms with E-state index >= 15 is 0 Å². The molecule has 0 saturated carbocycles. The van der Waals surface area contributed by atoms with Crippen molar-refractivity contribution in [1.82, 2.24) is 31.5 Å². The zero-order valence-corrected chi connectivity index (χ0v) is 31.0. The first-order valence-electron chi connectivity index (χ1n) is 18.1. The van der Waals surface area contributed by atoms with Crippen LogP contribution < -0.4 is 36.4 Å². The van der Waals surface area contributed by atoms with Crippen LogP contribution in [0.1, 0.15) is 67.2 Å². The van der Waals surface area contributed by atoms with Crippen molar-refractivity contribution in [2.24, 2.45) is 0 Å². The van der Waals surface area contributed by atoms with Crippen molar-refractivity contribution in [3.63, 3.8) is 0 Å². The topological polar surface area (TPSA) is 199 Å². The smallest absolute Gasteiger partial charge is 0.410 e. The van der Waals surface area contributed by atoms with E-state index in [1.54, 1.807) is 17.0 Å². The highest BCUT2D eigenvalue weighted by atomic mass is 19.1. The van der Waals surface area contributed by atoms with Crippen LogP contribution in [0.25, 0.3) is 0 Å². The summed E-state index contributed by atoms with van der Waals surface area (Å²) >= 11 is 0. The molecule has 0 spiro atoms. The number of imide groups is 2. The van der Waals surface area contributed by atoms with Crippen molar-refractivity contribution in [1.29, 1.82) is 0 Å². The van der Waals surface area contributed by atoms with Crippen molar-refractivity contribution >= 4 is 52.9 Å². The average molecular weight is 769 g/mol. The van der Waals surface area contributed by atoms with Gasteiger partial charge in [-0.2, -0.15) is 0 Å². The van der Waals surface area contributed by atoms with Crippen molar-refractivity contribution in [2.45, 2.75) is 64.1 Å². The molecule has 0 bridgehead atoms. The molecule has 296 valence electrons. The fourth-order valence-electron chi connectivity index (χ4n) is 6.30. The van der Waals surface area contributed by atoms with E-state index in [0.29, 0.717) is 31.9 Å². The third kappa shape index (κ3) is 11.0. The third-order valence-corrected chi connectivity index (χ3v) is 9.26. The Hall–Kier alpha value is -5.65. The molecule has 2 atom stereocenters. The molecule has 16 nitrogen and oxygen atoms in total. The number of hydrogen-bond acceptors (Lipinski definition) is 11. The number of rotatable bonds is 6. The number of ether oxygens (including phenoxy) is 1. The number of halogens is 2. The zero-order valence-electron chi connectivity index (χ0n) is 31.0. The van der Waals surface area contributed by atoms with E-state index in [0.717, 1.165) is 31.9 Å². The number of nitrogens with zero attached hydrogens (tertiary/aromatic N) is 3. The Balaban J connectivity index is 0.000000218. The van der Waals surface area contributed by atoms with Gasteiger partial charge in [-0.05, 0) is 70.0 Å². The van der Waals surface area contributed by atoms with Gasteiger partial charge in [0, 0.05) is 76.6 Å². The van der Waals surface area contributed by atoms with Gasteiger partial charge in [-0.25, -0.2) is 13.6 Å². The van der Waals surface area contributed by atoms with Crippen LogP contribution in [0.15, 0.2) is 36.4 Å². The number of carbonyl (C=O) groups excluding carboxylic acids is 7. The Morgan fingerprint density at radius 2 is 1.13 bits per heavy atom. The molecule has 5 N–H and O–H groups in total. The van der Waals surface area contributed by atoms with Crippen LogP contribution in [0.4, 0.5) is 25.0 Å². The summed E-state index contributed by atoms with van der Waals surface area (Å²) in [6.07, 6.45) is 0.294. The molecule has 4 aliphatic heterocycles. The molecule has 2 aromatic rings. The fraction of sp³-hybridized carbons (Fsp3) is 0.486. The van der Waals surface area contributed by atoms with Crippen molar-refractivity contribution in [3.05, 3.63) is 59.2 Å². The molecule has 7 amide bonds. The average Bonchev–Trinajstić information content (AvgIpc) is 3.13. The molecule has 4 fully saturated rings. The summed E-state index contributed by atoms with van der Waals surface area (Å²) in [7, 11) is 0. The molecule has 0 aromatic heterocycles. The van der Waals surface area contributed by atoms with Crippen LogP contribution in [-0.2, 0) is 23.9 Å². The normalized spacial score (nSPS) is 20.4. The number of carbonyl (C=O) groups is 7. The number of piperazine rings is 2. The molecule has 0 aliphatic carbocycles. The monoisotopic (exact) mass is 768 g/mol. The molecule has 4 aliphatic rings. The number of nitrogens with one attached hydrogen (secondary N) is 5. The number of amides is 7. The van der Waals surface area contributed by atoms with E-state index in [2.05, 4.69) is 26.6 Å². The second-order valence-electron chi connectivity index (χ2n) is 14.5. The minimum Gasteiger partial charge on any atom is -0.444 e. The molecule has 55 heavy (non-hydrogen) atoms. The molecule has 4 heterocycles. The Morgan fingerprint density at radius 3 is 1.53 bits per heavy atom. The van der Waals surface area contributed by atoms with E-state index in [9.17, 15) is 42.3 Å². The zero-order chi connectivity index (χ0) is 39.9. The lowest BCUT2D eigenvalue weighted by molar-refractivity contribution is -0.136. The highest BCUT2D eigenvalue weighted by Crippen LogP contribution is 2.23. The lowest BCUT2D eigenvalue weighted by atomic mass is 10.1. The number of anilines is 2. The standard InChI is InChI=1S/C21H27FN4O5.C16H19FN4O3/c1-21(2,3)31-20(30)26-10-8-25(9-11-26)13-4-5-14(15(22)12-13)18(28)23-16-6-7-17(27)24-19(16)29;17-12-9-10(21-7-5-18-6-8-21)1-2-11(12)15(23)19-13-3-4-14(22)20-16(13)24/h4-5,12,16H,6-11H2,1-3H3,(H,23,28)(H,24,27,29);1-2,9,13,18H,3-8H2,(H,19,23)(H,20,22,24). The summed E-state index contributed by atoms with van der Waals surface area (Å²) in [5.74, 6) is -4.62. The van der Waals surface area contributed by atoms with Gasteiger partial charge in [-0.15, -0.1) is 0 Å². The summed E-state index contributed by atoms with van der Waals surface area (Å²) in [4.78, 5) is 88.1. The highest BCUT2D eigenvalue weighted by molar-refractivity contribution is 6.05. The predicted molar refractivity (Wildman–Crippen MR) is 195 cm³/mol. The number of piperidine rings is 2. The van der Waals surface area contributed by atoms with Crippen molar-refractivity contribution < 1.29 is 47.1 Å². The lowest BCUT2D eigenvalue weighted by Gasteiger charge is -2.36. The summed E-state index contributed by atoms with van der Waals surface area (Å²) in [6, 6.07) is 7.04. The molecule has 2 aromatic carbocycles. The van der Waals surface area contributed by atoms with Gasteiger partial charge in [-0.1, -0.05) is 0 Å². The largest absolute Gasteiger partial charge is 0.444 e. The molecule has 4 saturated heterocycles. The van der Waals surface area contributed by atoms with Crippen LogP contribution in [0.2, 0.25) is 0 Å². The van der Waals surface area contributed by atoms with E-state index in [1.807, 2.05) is 30.6 Å². The minimum absolute atomic E-state index is 0.112. The summed E-state index contributed by atoms with van der Waals surface area (Å²) in [5, 5.41) is 12.5. The van der Waals surface area contributed by atoms with Gasteiger partial charge in [-0.3, -0.25) is 39.4 Å². The van der Waals surface area contributed by atoms with Gasteiger partial charge in [0.25, 0.3) is 11.8 Å². The van der Waals surface area contributed by atoms with Crippen LogP contribution >= 0.6 is 0 Å². The minimum atomic E-state index is -0.870. The van der Waals surface area contributed by atoms with E-state index < -0.39 is 58.9 Å². The SMILES string of the molecule is CC(C)(C)OC(=O)N1CCN(c2ccc(C(=O)NC3CCC(=O)NC3=O)c(F)c2)CC1.O=C1CCC(NC(=O)c2ccc(N3CCNCC3)cc2F)C(=O)N1. The third-order valence-electron chi connectivity index (χ3n) is 9.26. The quantitative estimate of drug-likeness (QED) is 0.265. The maximum Gasteiger partial charge on any atom is 0.410 e. The van der Waals surface area contributed by atoms with Crippen LogP contribution in [0.3, 0.4) is 0 Å². The first kappa shape index (κ1) is 40.5. The second-order valence-corrected chi connectivity index (χ2v) is 14.5. The first-order valence-corrected chi connectivity index (χ1v) is 18.1. The molecular formula is C37H46F2N8O8. The maximum atomic E-state index is 14.6. The maximum absolute atomic E-state index is 14.6. The van der Waals surface area contributed by atoms with Gasteiger partial charge in [0.05, 0.1) is 11.1 Å². The Morgan fingerprint density at radius 1 is 0.691 bits per heavy atom. The van der Waals surface area contributed by atoms with E-state index in [4.69, 9.17) is 4.74 Å². The van der Waals surface area contributed by atoms with Gasteiger partial charge in [0.2, 0.25) is 23.6 Å². The predicted octanol–water partition coefficient (Wildman–Crippen LogP) is 1.19. The van der Waals surface area contributed by atoms with Crippen LogP contribution in [0, 0.1) is 11.6 Å². The van der Waals surface area contributed by atoms with E-state index in [1.165, 1.54) is 24.3 Å². The Labute approximate surface area is 316 Å². The molecule has 2 unspecified atom stereocenters. The summed E-state index contributed by atoms with van der Waals surface area (Å²) in [5.41, 5.74) is 0.464. The van der Waals surface area contributed by atoms with Gasteiger partial charge >= 0.3 is 6.09 Å². The van der Waals surface area contributed by atoms with Gasteiger partial charge in [0.15, 0.2) is 0 Å². The van der Waals surface area contributed by atoms with Crippen molar-refractivity contribution in [2.75, 3.05) is 62.2 Å². The van der Waals surface area contributed by atoms with Crippen molar-refractivity contribution in [3.8, 4) is 0 Å². The van der Waals surface area contributed by atoms with E-state index in [-0.39, 0.29) is 48.8 Å². The molecule has 0 radical (unpaired) electrons. The second kappa shape index (κ2) is 17.7. The van der Waals surface area contributed by atoms with Gasteiger partial charge < -0.3 is 35.4 Å². The van der Waals surface area contributed by atoms with Gasteiger partial charge in [0.1, 0.15) is 29.3 Å². The Bertz CT molecular complexity index is 1820. The summed E-state index contributed by atoms with van der Waals surface area (Å²) < 4.78 is 34.3. The first-order chi connectivity index (χ1) is 26.1. The number of hydrogen-bond donors (Lipinski definition) is 5. The molecule has 18 heteroatoms.